The highest BCUT2D eigenvalue weighted by Gasteiger charge is 2.45. The van der Waals surface area contributed by atoms with Gasteiger partial charge in [-0.15, -0.1) is 11.3 Å². The summed E-state index contributed by atoms with van der Waals surface area (Å²) in [4.78, 5) is 29.4. The van der Waals surface area contributed by atoms with Crippen molar-refractivity contribution in [2.24, 2.45) is 0 Å². The number of hydrogen-bond acceptors (Lipinski definition) is 3. The van der Waals surface area contributed by atoms with E-state index in [1.54, 1.807) is 21.1 Å². The third kappa shape index (κ3) is 2.21. The lowest BCUT2D eigenvalue weighted by molar-refractivity contribution is -0.159. The number of carbonyl (C=O) groups excluding carboxylic acids is 2. The summed E-state index contributed by atoms with van der Waals surface area (Å²) in [7, 11) is 0. The largest absolute Gasteiger partial charge is 0.329 e. The van der Waals surface area contributed by atoms with E-state index < -0.39 is 0 Å². The van der Waals surface area contributed by atoms with Crippen LogP contribution in [0.25, 0.3) is 0 Å². The Balaban J connectivity index is 1.83. The third-order valence-electron chi connectivity index (χ3n) is 3.88. The van der Waals surface area contributed by atoms with Gasteiger partial charge in [-0.25, -0.2) is 0 Å². The summed E-state index contributed by atoms with van der Waals surface area (Å²) in [5, 5.41) is 0. The zero-order valence-corrected chi connectivity index (χ0v) is 13.0. The Labute approximate surface area is 124 Å². The van der Waals surface area contributed by atoms with Gasteiger partial charge in [0.05, 0.1) is 10.3 Å². The molecule has 1 aromatic heterocycles. The highest BCUT2D eigenvalue weighted by atomic mass is 79.9. The first-order valence-electron chi connectivity index (χ1n) is 6.43. The van der Waals surface area contributed by atoms with Crippen LogP contribution in [0.15, 0.2) is 15.9 Å². The van der Waals surface area contributed by atoms with Crippen molar-refractivity contribution in [2.45, 2.75) is 38.4 Å². The average molecular weight is 343 g/mol. The number of halogens is 1. The van der Waals surface area contributed by atoms with Gasteiger partial charge in [-0.3, -0.25) is 9.59 Å². The number of thiophene rings is 1. The van der Waals surface area contributed by atoms with Crippen LogP contribution in [0.4, 0.5) is 0 Å². The van der Waals surface area contributed by atoms with Crippen molar-refractivity contribution in [1.29, 1.82) is 0 Å². The maximum atomic E-state index is 12.5. The summed E-state index contributed by atoms with van der Waals surface area (Å²) in [5.74, 6) is 0.201. The van der Waals surface area contributed by atoms with E-state index in [0.29, 0.717) is 6.54 Å². The first-order chi connectivity index (χ1) is 9.08. The molecule has 2 atom stereocenters. The van der Waals surface area contributed by atoms with Gasteiger partial charge in [-0.05, 0) is 47.8 Å². The zero-order chi connectivity index (χ0) is 13.6. The number of rotatable bonds is 2. The van der Waals surface area contributed by atoms with Gasteiger partial charge in [0, 0.05) is 11.4 Å². The van der Waals surface area contributed by atoms with Gasteiger partial charge < -0.3 is 9.80 Å². The Kier molecular flexibility index (Phi) is 3.39. The van der Waals surface area contributed by atoms with Gasteiger partial charge in [0.1, 0.15) is 12.1 Å². The Morgan fingerprint density at radius 1 is 1.37 bits per heavy atom. The quantitative estimate of drug-likeness (QED) is 0.826. The summed E-state index contributed by atoms with van der Waals surface area (Å²) in [5.41, 5.74) is 0. The topological polar surface area (TPSA) is 40.6 Å². The van der Waals surface area contributed by atoms with E-state index in [0.717, 1.165) is 28.0 Å². The summed E-state index contributed by atoms with van der Waals surface area (Å²) in [6, 6.07) is 3.41. The first kappa shape index (κ1) is 13.1. The summed E-state index contributed by atoms with van der Waals surface area (Å²) in [6.07, 6.45) is 1.75. The molecule has 3 rings (SSSR count). The van der Waals surface area contributed by atoms with E-state index in [-0.39, 0.29) is 23.9 Å². The standard InChI is InChI=1S/C13H15BrN2O2S/c1-8-12(17)15-6-2-3-10(15)13(18)16(8)7-9-4-5-11(14)19-9/h4-5,8,10H,2-3,6-7H2,1H3. The molecule has 0 spiro atoms. The number of carbonyl (C=O) groups is 2. The van der Waals surface area contributed by atoms with E-state index >= 15 is 0 Å². The second-order valence-electron chi connectivity index (χ2n) is 5.04. The molecule has 2 saturated heterocycles. The van der Waals surface area contributed by atoms with Crippen LogP contribution >= 0.6 is 27.3 Å². The molecule has 3 heterocycles. The molecule has 19 heavy (non-hydrogen) atoms. The maximum Gasteiger partial charge on any atom is 0.246 e. The smallest absolute Gasteiger partial charge is 0.246 e. The van der Waals surface area contributed by atoms with E-state index in [2.05, 4.69) is 15.9 Å². The molecular formula is C13H15BrN2O2S. The van der Waals surface area contributed by atoms with Crippen molar-refractivity contribution < 1.29 is 9.59 Å². The molecule has 0 aromatic carbocycles. The van der Waals surface area contributed by atoms with Crippen molar-refractivity contribution in [3.8, 4) is 0 Å². The first-order valence-corrected chi connectivity index (χ1v) is 8.04. The number of fused-ring (bicyclic) bond motifs is 1. The average Bonchev–Trinajstić information content (AvgIpc) is 3.01. The molecule has 1 aromatic rings. The Hall–Kier alpha value is -0.880. The highest BCUT2D eigenvalue weighted by Crippen LogP contribution is 2.30. The fourth-order valence-electron chi connectivity index (χ4n) is 2.86. The summed E-state index contributed by atoms with van der Waals surface area (Å²) in [6.45, 7) is 3.10. The summed E-state index contributed by atoms with van der Waals surface area (Å²) < 4.78 is 1.05. The zero-order valence-electron chi connectivity index (χ0n) is 10.6. The molecule has 2 fully saturated rings. The fraction of sp³-hybridized carbons (Fsp3) is 0.538. The van der Waals surface area contributed by atoms with Crippen molar-refractivity contribution in [3.05, 3.63) is 20.8 Å². The maximum absolute atomic E-state index is 12.5. The number of amides is 2. The minimum Gasteiger partial charge on any atom is -0.329 e. The molecule has 0 bridgehead atoms. The molecule has 2 unspecified atom stereocenters. The van der Waals surface area contributed by atoms with Crippen LogP contribution in [0.3, 0.4) is 0 Å². The van der Waals surface area contributed by atoms with E-state index in [9.17, 15) is 9.59 Å². The van der Waals surface area contributed by atoms with Gasteiger partial charge in [0.25, 0.3) is 0 Å². The van der Waals surface area contributed by atoms with Crippen molar-refractivity contribution in [3.63, 3.8) is 0 Å². The molecule has 6 heteroatoms. The normalized spacial score (nSPS) is 27.1. The molecule has 102 valence electrons. The second kappa shape index (κ2) is 4.90. The van der Waals surface area contributed by atoms with Crippen molar-refractivity contribution in [2.75, 3.05) is 6.54 Å². The van der Waals surface area contributed by atoms with Gasteiger partial charge in [-0.1, -0.05) is 0 Å². The highest BCUT2D eigenvalue weighted by molar-refractivity contribution is 9.11. The van der Waals surface area contributed by atoms with Crippen LogP contribution in [0, 0.1) is 0 Å². The lowest BCUT2D eigenvalue weighted by atomic mass is 10.1. The van der Waals surface area contributed by atoms with E-state index in [4.69, 9.17) is 0 Å². The minimum atomic E-state index is -0.345. The number of hydrogen-bond donors (Lipinski definition) is 0. The molecule has 2 amide bonds. The molecule has 0 N–H and O–H groups in total. The van der Waals surface area contributed by atoms with Crippen LogP contribution in [-0.4, -0.2) is 40.2 Å². The molecule has 0 radical (unpaired) electrons. The fourth-order valence-corrected chi connectivity index (χ4v) is 4.34. The third-order valence-corrected chi connectivity index (χ3v) is 5.49. The van der Waals surface area contributed by atoms with Gasteiger partial charge >= 0.3 is 0 Å². The molecule has 2 aliphatic rings. The SMILES string of the molecule is CC1C(=O)N2CCCC2C(=O)N1Cc1ccc(Br)s1. The summed E-state index contributed by atoms with van der Waals surface area (Å²) >= 11 is 5.03. The minimum absolute atomic E-state index is 0.0951. The van der Waals surface area contributed by atoms with Gasteiger partial charge in [0.2, 0.25) is 11.8 Å². The van der Waals surface area contributed by atoms with Crippen LogP contribution in [0.2, 0.25) is 0 Å². The molecular weight excluding hydrogens is 328 g/mol. The van der Waals surface area contributed by atoms with Crippen LogP contribution in [-0.2, 0) is 16.1 Å². The predicted octanol–water partition coefficient (Wildman–Crippen LogP) is 2.23. The van der Waals surface area contributed by atoms with Crippen molar-refractivity contribution >= 4 is 39.1 Å². The number of piperazine rings is 1. The molecule has 4 nitrogen and oxygen atoms in total. The Morgan fingerprint density at radius 3 is 2.84 bits per heavy atom. The van der Waals surface area contributed by atoms with Gasteiger partial charge in [-0.2, -0.15) is 0 Å². The Bertz CT molecular complexity index is 530. The molecule has 2 aliphatic heterocycles. The van der Waals surface area contributed by atoms with Crippen molar-refractivity contribution in [1.82, 2.24) is 9.80 Å². The van der Waals surface area contributed by atoms with E-state index in [1.165, 1.54) is 0 Å². The number of nitrogens with zero attached hydrogens (tertiary/aromatic N) is 2. The van der Waals surface area contributed by atoms with Crippen LogP contribution in [0.1, 0.15) is 24.6 Å². The van der Waals surface area contributed by atoms with Crippen LogP contribution in [0.5, 0.6) is 0 Å². The lowest BCUT2D eigenvalue weighted by Crippen LogP contribution is -2.61. The molecule has 0 aliphatic carbocycles. The predicted molar refractivity (Wildman–Crippen MR) is 76.8 cm³/mol. The van der Waals surface area contributed by atoms with E-state index in [1.807, 2.05) is 19.1 Å². The monoisotopic (exact) mass is 342 g/mol. The lowest BCUT2D eigenvalue weighted by Gasteiger charge is -2.40. The molecule has 0 saturated carbocycles. The second-order valence-corrected chi connectivity index (χ2v) is 7.59. The Morgan fingerprint density at radius 2 is 2.16 bits per heavy atom. The van der Waals surface area contributed by atoms with Gasteiger partial charge in [0.15, 0.2) is 0 Å². The van der Waals surface area contributed by atoms with Crippen LogP contribution < -0.4 is 0 Å².